The Morgan fingerprint density at radius 2 is 2.11 bits per heavy atom. The molecule has 148 valence electrons. The van der Waals surface area contributed by atoms with E-state index in [-0.39, 0.29) is 11.5 Å². The van der Waals surface area contributed by atoms with Crippen LogP contribution in [0.3, 0.4) is 0 Å². The van der Waals surface area contributed by atoms with Crippen LogP contribution in [0, 0.1) is 0 Å². The molecule has 1 aliphatic rings. The molecule has 0 bridgehead atoms. The number of carbonyl (C=O) groups is 1. The second kappa shape index (κ2) is 7.39. The van der Waals surface area contributed by atoms with Gasteiger partial charge >= 0.3 is 0 Å². The Labute approximate surface area is 163 Å². The van der Waals surface area contributed by atoms with Gasteiger partial charge in [0.25, 0.3) is 5.56 Å². The number of para-hydroxylation sites is 1. The maximum Gasteiger partial charge on any atom is 0.291 e. The Bertz CT molecular complexity index is 1080. The Hall–Kier alpha value is -2.67. The number of fused-ring (bicyclic) bond motifs is 3. The van der Waals surface area contributed by atoms with Crippen LogP contribution in [0.5, 0.6) is 0 Å². The predicted octanol–water partition coefficient (Wildman–Crippen LogP) is 2.05. The van der Waals surface area contributed by atoms with E-state index in [0.717, 1.165) is 35.8 Å². The first-order valence-corrected chi connectivity index (χ1v) is 9.99. The maximum absolute atomic E-state index is 13.0. The van der Waals surface area contributed by atoms with Crippen LogP contribution in [0.1, 0.15) is 32.7 Å². The standard InChI is InChI=1S/C21H27N5O2/c1-4-25-11-7-8-15(25)12-22-20(27)14(2)26-18-10-6-5-9-16(18)17-13-23-24(3)21(28)19(17)26/h5-6,9-10,13-15H,4,7-8,11-12H2,1-3H3,(H,22,27)/t14-,15+/m0/s1. The summed E-state index contributed by atoms with van der Waals surface area (Å²) in [4.78, 5) is 28.2. The van der Waals surface area contributed by atoms with E-state index in [1.807, 2.05) is 35.8 Å². The van der Waals surface area contributed by atoms with Gasteiger partial charge in [0.15, 0.2) is 0 Å². The largest absolute Gasteiger partial charge is 0.353 e. The van der Waals surface area contributed by atoms with Crippen molar-refractivity contribution < 1.29 is 4.79 Å². The first-order valence-electron chi connectivity index (χ1n) is 9.99. The van der Waals surface area contributed by atoms with Crippen molar-refractivity contribution in [3.8, 4) is 0 Å². The smallest absolute Gasteiger partial charge is 0.291 e. The molecule has 3 heterocycles. The summed E-state index contributed by atoms with van der Waals surface area (Å²) in [6, 6.07) is 7.70. The van der Waals surface area contributed by atoms with Gasteiger partial charge in [-0.2, -0.15) is 5.10 Å². The molecule has 7 heteroatoms. The van der Waals surface area contributed by atoms with Crippen molar-refractivity contribution in [3.63, 3.8) is 0 Å². The molecule has 4 rings (SSSR count). The molecular weight excluding hydrogens is 354 g/mol. The van der Waals surface area contributed by atoms with Crippen LogP contribution in [-0.2, 0) is 11.8 Å². The lowest BCUT2D eigenvalue weighted by Gasteiger charge is -2.24. The molecule has 1 saturated heterocycles. The van der Waals surface area contributed by atoms with Gasteiger partial charge in [0, 0.05) is 30.4 Å². The second-order valence-corrected chi connectivity index (χ2v) is 7.57. The number of hydrogen-bond donors (Lipinski definition) is 1. The molecule has 0 unspecified atom stereocenters. The van der Waals surface area contributed by atoms with Gasteiger partial charge in [-0.25, -0.2) is 4.68 Å². The van der Waals surface area contributed by atoms with E-state index in [9.17, 15) is 9.59 Å². The molecule has 0 spiro atoms. The molecule has 2 aromatic heterocycles. The van der Waals surface area contributed by atoms with Crippen LogP contribution in [0.25, 0.3) is 21.8 Å². The first kappa shape index (κ1) is 18.7. The van der Waals surface area contributed by atoms with E-state index in [1.165, 1.54) is 11.1 Å². The fraction of sp³-hybridized carbons (Fsp3) is 0.476. The fourth-order valence-electron chi connectivity index (χ4n) is 4.42. The van der Waals surface area contributed by atoms with Gasteiger partial charge in [0.2, 0.25) is 5.91 Å². The third-order valence-corrected chi connectivity index (χ3v) is 5.99. The third kappa shape index (κ3) is 2.99. The highest BCUT2D eigenvalue weighted by Gasteiger charge is 2.26. The van der Waals surface area contributed by atoms with Crippen molar-refractivity contribution in [1.29, 1.82) is 0 Å². The summed E-state index contributed by atoms with van der Waals surface area (Å²) in [6.07, 6.45) is 4.00. The van der Waals surface area contributed by atoms with Gasteiger partial charge in [-0.15, -0.1) is 0 Å². The van der Waals surface area contributed by atoms with E-state index >= 15 is 0 Å². The van der Waals surface area contributed by atoms with Crippen LogP contribution in [-0.4, -0.2) is 50.8 Å². The van der Waals surface area contributed by atoms with Crippen LogP contribution >= 0.6 is 0 Å². The van der Waals surface area contributed by atoms with Crippen molar-refractivity contribution >= 4 is 27.7 Å². The van der Waals surface area contributed by atoms with Crippen molar-refractivity contribution in [2.45, 2.75) is 38.8 Å². The van der Waals surface area contributed by atoms with Gasteiger partial charge in [-0.05, 0) is 38.9 Å². The summed E-state index contributed by atoms with van der Waals surface area (Å²) in [5, 5.41) is 9.00. The summed E-state index contributed by atoms with van der Waals surface area (Å²) in [6.45, 7) is 6.76. The SMILES string of the molecule is CCN1CCC[C@@H]1CNC(=O)[C@H](C)n1c2ccccc2c2cnn(C)c(=O)c21. The number of likely N-dealkylation sites (tertiary alicyclic amines) is 1. The molecule has 1 fully saturated rings. The minimum atomic E-state index is -0.492. The summed E-state index contributed by atoms with van der Waals surface area (Å²) >= 11 is 0. The van der Waals surface area contributed by atoms with Gasteiger partial charge in [-0.1, -0.05) is 25.1 Å². The van der Waals surface area contributed by atoms with E-state index in [1.54, 1.807) is 13.2 Å². The van der Waals surface area contributed by atoms with E-state index in [0.29, 0.717) is 18.1 Å². The lowest BCUT2D eigenvalue weighted by Crippen LogP contribution is -2.42. The maximum atomic E-state index is 13.0. The normalized spacial score (nSPS) is 18.8. The molecule has 0 radical (unpaired) electrons. The molecule has 28 heavy (non-hydrogen) atoms. The molecule has 7 nitrogen and oxygen atoms in total. The number of likely N-dealkylation sites (N-methyl/N-ethyl adjacent to an activating group) is 1. The summed E-state index contributed by atoms with van der Waals surface area (Å²) in [5.41, 5.74) is 1.21. The third-order valence-electron chi connectivity index (χ3n) is 5.99. The highest BCUT2D eigenvalue weighted by Crippen LogP contribution is 2.29. The summed E-state index contributed by atoms with van der Waals surface area (Å²) in [7, 11) is 1.63. The lowest BCUT2D eigenvalue weighted by atomic mass is 10.2. The van der Waals surface area contributed by atoms with Crippen molar-refractivity contribution in [1.82, 2.24) is 24.6 Å². The topological polar surface area (TPSA) is 72.2 Å². The molecular formula is C21H27N5O2. The molecule has 1 N–H and O–H groups in total. The lowest BCUT2D eigenvalue weighted by molar-refractivity contribution is -0.123. The number of nitrogens with zero attached hydrogens (tertiary/aromatic N) is 4. The van der Waals surface area contributed by atoms with Crippen LogP contribution in [0.4, 0.5) is 0 Å². The van der Waals surface area contributed by atoms with Gasteiger partial charge < -0.3 is 9.88 Å². The van der Waals surface area contributed by atoms with Crippen LogP contribution < -0.4 is 10.9 Å². The zero-order valence-electron chi connectivity index (χ0n) is 16.7. The molecule has 0 saturated carbocycles. The zero-order chi connectivity index (χ0) is 19.8. The van der Waals surface area contributed by atoms with Crippen LogP contribution in [0.15, 0.2) is 35.3 Å². The molecule has 2 atom stereocenters. The van der Waals surface area contributed by atoms with Crippen LogP contribution in [0.2, 0.25) is 0 Å². The quantitative estimate of drug-likeness (QED) is 0.734. The number of aryl methyl sites for hydroxylation is 1. The Balaban J connectivity index is 1.70. The Morgan fingerprint density at radius 1 is 1.32 bits per heavy atom. The van der Waals surface area contributed by atoms with Gasteiger partial charge in [0.1, 0.15) is 11.6 Å². The number of nitrogens with one attached hydrogen (secondary N) is 1. The number of benzene rings is 1. The first-order chi connectivity index (χ1) is 13.5. The van der Waals surface area contributed by atoms with E-state index < -0.39 is 6.04 Å². The average Bonchev–Trinajstić information content (AvgIpc) is 3.30. The second-order valence-electron chi connectivity index (χ2n) is 7.57. The number of aromatic nitrogens is 3. The summed E-state index contributed by atoms with van der Waals surface area (Å²) in [5.74, 6) is -0.0653. The number of carbonyl (C=O) groups excluding carboxylic acids is 1. The Kier molecular flexibility index (Phi) is 4.93. The number of rotatable bonds is 5. The number of hydrogen-bond acceptors (Lipinski definition) is 4. The molecule has 1 aromatic carbocycles. The highest BCUT2D eigenvalue weighted by atomic mass is 16.2. The van der Waals surface area contributed by atoms with Crippen molar-refractivity contribution in [3.05, 3.63) is 40.8 Å². The van der Waals surface area contributed by atoms with Crippen molar-refractivity contribution in [2.24, 2.45) is 7.05 Å². The summed E-state index contributed by atoms with van der Waals surface area (Å²) < 4.78 is 3.18. The average molecular weight is 381 g/mol. The highest BCUT2D eigenvalue weighted by molar-refractivity contribution is 6.08. The predicted molar refractivity (Wildman–Crippen MR) is 110 cm³/mol. The minimum Gasteiger partial charge on any atom is -0.353 e. The number of amides is 1. The molecule has 1 aliphatic heterocycles. The Morgan fingerprint density at radius 3 is 2.89 bits per heavy atom. The van der Waals surface area contributed by atoms with E-state index in [2.05, 4.69) is 22.2 Å². The fourth-order valence-corrected chi connectivity index (χ4v) is 4.42. The zero-order valence-corrected chi connectivity index (χ0v) is 16.7. The van der Waals surface area contributed by atoms with Gasteiger partial charge in [0.05, 0.1) is 11.7 Å². The molecule has 3 aromatic rings. The molecule has 1 amide bonds. The van der Waals surface area contributed by atoms with Crippen molar-refractivity contribution in [2.75, 3.05) is 19.6 Å². The monoisotopic (exact) mass is 381 g/mol. The van der Waals surface area contributed by atoms with E-state index in [4.69, 9.17) is 0 Å². The van der Waals surface area contributed by atoms with Gasteiger partial charge in [-0.3, -0.25) is 14.5 Å². The minimum absolute atomic E-state index is 0.0653. The molecule has 0 aliphatic carbocycles.